The lowest BCUT2D eigenvalue weighted by molar-refractivity contribution is -0.123. The van der Waals surface area contributed by atoms with Crippen LogP contribution in [-0.4, -0.2) is 23.7 Å². The summed E-state index contributed by atoms with van der Waals surface area (Å²) >= 11 is 0. The third-order valence-electron chi connectivity index (χ3n) is 3.15. The Hall–Kier alpha value is -1.49. The van der Waals surface area contributed by atoms with Gasteiger partial charge in [-0.3, -0.25) is 4.79 Å². The number of amides is 1. The van der Waals surface area contributed by atoms with Gasteiger partial charge in [-0.05, 0) is 30.9 Å². The van der Waals surface area contributed by atoms with Gasteiger partial charge in [0.05, 0.1) is 6.61 Å². The first-order valence-corrected chi connectivity index (χ1v) is 5.89. The molecule has 1 aliphatic rings. The van der Waals surface area contributed by atoms with Crippen LogP contribution in [-0.2, 0) is 4.79 Å². The average molecular weight is 255 g/mol. The maximum atomic E-state index is 13.5. The molecule has 0 aromatic heterocycles. The van der Waals surface area contributed by atoms with Crippen molar-refractivity contribution in [2.75, 3.05) is 6.61 Å². The van der Waals surface area contributed by atoms with Gasteiger partial charge in [0, 0.05) is 18.0 Å². The van der Waals surface area contributed by atoms with Crippen LogP contribution in [0, 0.1) is 17.6 Å². The van der Waals surface area contributed by atoms with Crippen molar-refractivity contribution in [3.63, 3.8) is 0 Å². The number of carbonyl (C=O) groups excluding carboxylic acids is 1. The number of nitrogens with one attached hydrogen (secondary N) is 1. The number of aliphatic hydroxyl groups is 1. The molecule has 5 heteroatoms. The van der Waals surface area contributed by atoms with Gasteiger partial charge in [-0.1, -0.05) is 6.07 Å². The zero-order valence-corrected chi connectivity index (χ0v) is 9.99. The van der Waals surface area contributed by atoms with E-state index in [0.717, 1.165) is 6.07 Å². The molecular formula is C13H15F2NO2. The summed E-state index contributed by atoms with van der Waals surface area (Å²) in [6.45, 7) is 1.56. The van der Waals surface area contributed by atoms with E-state index >= 15 is 0 Å². The molecule has 2 rings (SSSR count). The highest BCUT2D eigenvalue weighted by molar-refractivity contribution is 5.83. The maximum Gasteiger partial charge on any atom is 0.224 e. The van der Waals surface area contributed by atoms with Gasteiger partial charge in [0.2, 0.25) is 5.91 Å². The highest BCUT2D eigenvalue weighted by atomic mass is 19.1. The minimum Gasteiger partial charge on any atom is -0.394 e. The van der Waals surface area contributed by atoms with Crippen molar-refractivity contribution in [1.82, 2.24) is 5.32 Å². The summed E-state index contributed by atoms with van der Waals surface area (Å²) in [5, 5.41) is 11.5. The summed E-state index contributed by atoms with van der Waals surface area (Å²) in [5.74, 6) is -1.88. The van der Waals surface area contributed by atoms with E-state index in [1.165, 1.54) is 12.1 Å². The third kappa shape index (κ3) is 2.67. The topological polar surface area (TPSA) is 49.3 Å². The van der Waals surface area contributed by atoms with Gasteiger partial charge in [0.15, 0.2) is 0 Å². The van der Waals surface area contributed by atoms with E-state index in [9.17, 15) is 13.6 Å². The predicted octanol–water partition coefficient (Wildman–Crippen LogP) is 1.57. The Bertz CT molecular complexity index is 464. The van der Waals surface area contributed by atoms with Gasteiger partial charge in [-0.25, -0.2) is 8.78 Å². The fourth-order valence-electron chi connectivity index (χ4n) is 2.03. The van der Waals surface area contributed by atoms with E-state index in [-0.39, 0.29) is 30.4 Å². The molecule has 1 aromatic carbocycles. The van der Waals surface area contributed by atoms with Gasteiger partial charge in [0.1, 0.15) is 11.6 Å². The zero-order valence-electron chi connectivity index (χ0n) is 9.99. The highest BCUT2D eigenvalue weighted by Crippen LogP contribution is 2.48. The van der Waals surface area contributed by atoms with Crippen LogP contribution >= 0.6 is 0 Å². The third-order valence-corrected chi connectivity index (χ3v) is 3.15. The van der Waals surface area contributed by atoms with Crippen molar-refractivity contribution in [1.29, 1.82) is 0 Å². The molecule has 1 aromatic rings. The molecule has 2 N–H and O–H groups in total. The second-order valence-electron chi connectivity index (χ2n) is 4.71. The smallest absolute Gasteiger partial charge is 0.224 e. The highest BCUT2D eigenvalue weighted by Gasteiger charge is 2.45. The molecule has 0 spiro atoms. The Morgan fingerprint density at radius 1 is 1.56 bits per heavy atom. The van der Waals surface area contributed by atoms with Gasteiger partial charge in [-0.15, -0.1) is 0 Å². The van der Waals surface area contributed by atoms with Crippen molar-refractivity contribution in [3.05, 3.63) is 35.4 Å². The van der Waals surface area contributed by atoms with Gasteiger partial charge in [-0.2, -0.15) is 0 Å². The van der Waals surface area contributed by atoms with Crippen molar-refractivity contribution >= 4 is 5.91 Å². The predicted molar refractivity (Wildman–Crippen MR) is 61.9 cm³/mol. The molecule has 1 fully saturated rings. The molecule has 98 valence electrons. The number of rotatable bonds is 4. The number of aliphatic hydroxyl groups excluding tert-OH is 1. The SMILES string of the molecule is CC(CO)NC(=O)C1CC1c1ccc(F)cc1F. The van der Waals surface area contributed by atoms with E-state index in [4.69, 9.17) is 5.11 Å². The van der Waals surface area contributed by atoms with Crippen molar-refractivity contribution in [2.24, 2.45) is 5.92 Å². The average Bonchev–Trinajstić information content (AvgIpc) is 3.08. The van der Waals surface area contributed by atoms with Gasteiger partial charge >= 0.3 is 0 Å². The van der Waals surface area contributed by atoms with Crippen molar-refractivity contribution in [3.8, 4) is 0 Å². The molecule has 0 heterocycles. The quantitative estimate of drug-likeness (QED) is 0.858. The summed E-state index contributed by atoms with van der Waals surface area (Å²) < 4.78 is 26.3. The molecule has 0 aliphatic heterocycles. The Kier molecular flexibility index (Phi) is 3.61. The van der Waals surface area contributed by atoms with Crippen molar-refractivity contribution < 1.29 is 18.7 Å². The van der Waals surface area contributed by atoms with Gasteiger partial charge in [0.25, 0.3) is 0 Å². The molecule has 1 saturated carbocycles. The molecule has 3 nitrogen and oxygen atoms in total. The molecular weight excluding hydrogens is 240 g/mol. The van der Waals surface area contributed by atoms with E-state index in [1.807, 2.05) is 0 Å². The number of benzene rings is 1. The fourth-order valence-corrected chi connectivity index (χ4v) is 2.03. The Morgan fingerprint density at radius 3 is 2.89 bits per heavy atom. The van der Waals surface area contributed by atoms with Crippen LogP contribution in [0.3, 0.4) is 0 Å². The summed E-state index contributed by atoms with van der Waals surface area (Å²) in [7, 11) is 0. The molecule has 18 heavy (non-hydrogen) atoms. The maximum absolute atomic E-state index is 13.5. The first kappa shape index (κ1) is 13.0. The Balaban J connectivity index is 2.00. The minimum absolute atomic E-state index is 0.131. The van der Waals surface area contributed by atoms with E-state index in [0.29, 0.717) is 12.0 Å². The number of carbonyl (C=O) groups is 1. The molecule has 0 bridgehead atoms. The van der Waals surface area contributed by atoms with Crippen LogP contribution in [0.15, 0.2) is 18.2 Å². The Morgan fingerprint density at radius 2 is 2.28 bits per heavy atom. The Labute approximate surface area is 104 Å². The molecule has 1 aliphatic carbocycles. The normalized spacial score (nSPS) is 23.6. The second-order valence-corrected chi connectivity index (χ2v) is 4.71. The summed E-state index contributed by atoms with van der Waals surface area (Å²) in [6.07, 6.45) is 0.562. The van der Waals surface area contributed by atoms with E-state index in [2.05, 4.69) is 5.32 Å². The van der Waals surface area contributed by atoms with Crippen LogP contribution in [0.25, 0.3) is 0 Å². The summed E-state index contributed by atoms with van der Waals surface area (Å²) in [6, 6.07) is 3.11. The first-order chi connectivity index (χ1) is 8.52. The number of hydrogen-bond acceptors (Lipinski definition) is 2. The molecule has 0 radical (unpaired) electrons. The molecule has 3 unspecified atom stereocenters. The number of halogens is 2. The van der Waals surface area contributed by atoms with Crippen LogP contribution in [0.4, 0.5) is 8.78 Å². The van der Waals surface area contributed by atoms with Gasteiger partial charge < -0.3 is 10.4 Å². The molecule has 3 atom stereocenters. The van der Waals surface area contributed by atoms with Crippen LogP contribution < -0.4 is 5.32 Å². The zero-order chi connectivity index (χ0) is 13.3. The van der Waals surface area contributed by atoms with E-state index < -0.39 is 11.6 Å². The monoisotopic (exact) mass is 255 g/mol. The summed E-state index contributed by atoms with van der Waals surface area (Å²) in [5.41, 5.74) is 0.383. The van der Waals surface area contributed by atoms with Crippen LogP contribution in [0.2, 0.25) is 0 Å². The minimum atomic E-state index is -0.619. The number of hydrogen-bond donors (Lipinski definition) is 2. The first-order valence-electron chi connectivity index (χ1n) is 5.89. The standard InChI is InChI=1S/C13H15F2NO2/c1-7(6-17)16-13(18)11-5-10(11)9-3-2-8(14)4-12(9)15/h2-4,7,10-11,17H,5-6H2,1H3,(H,16,18). The van der Waals surface area contributed by atoms with Crippen LogP contribution in [0.5, 0.6) is 0 Å². The largest absolute Gasteiger partial charge is 0.394 e. The molecule has 1 amide bonds. The lowest BCUT2D eigenvalue weighted by Gasteiger charge is -2.10. The molecule has 0 saturated heterocycles. The van der Waals surface area contributed by atoms with Crippen LogP contribution in [0.1, 0.15) is 24.8 Å². The summed E-state index contributed by atoms with van der Waals surface area (Å²) in [4.78, 5) is 11.7. The fraction of sp³-hybridized carbons (Fsp3) is 0.462. The lowest BCUT2D eigenvalue weighted by Crippen LogP contribution is -2.36. The lowest BCUT2D eigenvalue weighted by atomic mass is 10.1. The second kappa shape index (κ2) is 5.02. The van der Waals surface area contributed by atoms with Crippen molar-refractivity contribution in [2.45, 2.75) is 25.3 Å². The van der Waals surface area contributed by atoms with E-state index in [1.54, 1.807) is 6.92 Å².